The van der Waals surface area contributed by atoms with E-state index in [-0.39, 0.29) is 11.6 Å². The highest BCUT2D eigenvalue weighted by atomic mass is 16.1. The van der Waals surface area contributed by atoms with Gasteiger partial charge in [0, 0.05) is 37.4 Å². The fourth-order valence-electron chi connectivity index (χ4n) is 6.49. The van der Waals surface area contributed by atoms with Gasteiger partial charge in [-0.05, 0) is 91.2 Å². The molecule has 2 aliphatic rings. The Morgan fingerprint density at radius 3 is 2.47 bits per heavy atom. The molecule has 1 saturated heterocycles. The van der Waals surface area contributed by atoms with Gasteiger partial charge in [-0.25, -0.2) is 4.68 Å². The van der Waals surface area contributed by atoms with E-state index in [4.69, 9.17) is 0 Å². The number of hydrogen-bond donors (Lipinski definition) is 1. The summed E-state index contributed by atoms with van der Waals surface area (Å²) in [6, 6.07) is 12.9. The van der Waals surface area contributed by atoms with Gasteiger partial charge in [-0.3, -0.25) is 9.69 Å². The number of rotatable bonds is 5. The third-order valence-electron chi connectivity index (χ3n) is 8.65. The van der Waals surface area contributed by atoms with Crippen molar-refractivity contribution < 1.29 is 0 Å². The monoisotopic (exact) mass is 511 g/mol. The first-order valence-electron chi connectivity index (χ1n) is 13.9. The maximum Gasteiger partial charge on any atom is 0.253 e. The lowest BCUT2D eigenvalue weighted by Crippen LogP contribution is -2.49. The molecule has 0 amide bonds. The summed E-state index contributed by atoms with van der Waals surface area (Å²) in [6.07, 6.45) is 4.55. The fraction of sp³-hybridized carbons (Fsp3) is 0.467. The summed E-state index contributed by atoms with van der Waals surface area (Å²) in [5.74, 6) is 0.784. The number of H-pyrrole nitrogens is 1. The molecule has 8 nitrogen and oxygen atoms in total. The van der Waals surface area contributed by atoms with Gasteiger partial charge in [-0.15, -0.1) is 5.10 Å². The number of nitrogens with zero attached hydrogens (tertiary/aromatic N) is 6. The van der Waals surface area contributed by atoms with Crippen LogP contribution in [0.2, 0.25) is 0 Å². The highest BCUT2D eigenvalue weighted by Crippen LogP contribution is 2.35. The maximum atomic E-state index is 13.7. The van der Waals surface area contributed by atoms with Gasteiger partial charge in [-0.1, -0.05) is 36.6 Å². The number of piperazine rings is 1. The van der Waals surface area contributed by atoms with E-state index in [0.717, 1.165) is 66.9 Å². The van der Waals surface area contributed by atoms with Crippen molar-refractivity contribution in [3.8, 4) is 0 Å². The Hall–Kier alpha value is -3.52. The van der Waals surface area contributed by atoms with Gasteiger partial charge in [0.05, 0.1) is 11.6 Å². The van der Waals surface area contributed by atoms with Crippen molar-refractivity contribution in [3.63, 3.8) is 0 Å². The van der Waals surface area contributed by atoms with Crippen molar-refractivity contribution in [1.29, 1.82) is 0 Å². The molecular formula is C30H37N7O. The zero-order valence-corrected chi connectivity index (χ0v) is 22.9. The largest absolute Gasteiger partial charge is 0.369 e. The third kappa shape index (κ3) is 4.41. The molecule has 4 aromatic rings. The predicted molar refractivity (Wildman–Crippen MR) is 151 cm³/mol. The zero-order valence-electron chi connectivity index (χ0n) is 22.9. The summed E-state index contributed by atoms with van der Waals surface area (Å²) in [5, 5.41) is 14.2. The van der Waals surface area contributed by atoms with Crippen molar-refractivity contribution in [2.24, 2.45) is 0 Å². The van der Waals surface area contributed by atoms with E-state index in [9.17, 15) is 4.79 Å². The van der Waals surface area contributed by atoms with Gasteiger partial charge in [0.1, 0.15) is 6.04 Å². The number of benzene rings is 2. The van der Waals surface area contributed by atoms with E-state index in [1.54, 1.807) is 0 Å². The molecule has 8 heteroatoms. The molecule has 0 unspecified atom stereocenters. The smallest absolute Gasteiger partial charge is 0.253 e. The normalized spacial score (nSPS) is 17.9. The Morgan fingerprint density at radius 2 is 1.71 bits per heavy atom. The average molecular weight is 512 g/mol. The minimum atomic E-state index is -0.305. The first-order valence-corrected chi connectivity index (χ1v) is 13.9. The number of anilines is 1. The molecule has 0 bridgehead atoms. The number of aryl methyl sites for hydroxylation is 3. The molecule has 1 saturated carbocycles. The van der Waals surface area contributed by atoms with Crippen LogP contribution in [0.5, 0.6) is 0 Å². The Bertz CT molecular complexity index is 1520. The molecule has 2 fully saturated rings. The highest BCUT2D eigenvalue weighted by molar-refractivity contribution is 5.83. The molecule has 0 radical (unpaired) electrons. The molecule has 1 aliphatic carbocycles. The van der Waals surface area contributed by atoms with Gasteiger partial charge in [0.25, 0.3) is 5.56 Å². The molecule has 1 atom stereocenters. The van der Waals surface area contributed by atoms with Gasteiger partial charge in [0.2, 0.25) is 0 Å². The van der Waals surface area contributed by atoms with Crippen molar-refractivity contribution >= 4 is 16.6 Å². The van der Waals surface area contributed by atoms with E-state index >= 15 is 0 Å². The van der Waals surface area contributed by atoms with Gasteiger partial charge in [0.15, 0.2) is 5.82 Å². The highest BCUT2D eigenvalue weighted by Gasteiger charge is 2.35. The van der Waals surface area contributed by atoms with E-state index in [2.05, 4.69) is 94.4 Å². The predicted octanol–water partition coefficient (Wildman–Crippen LogP) is 4.77. The Labute approximate surface area is 223 Å². The first-order chi connectivity index (χ1) is 18.4. The van der Waals surface area contributed by atoms with E-state index < -0.39 is 0 Å². The van der Waals surface area contributed by atoms with Gasteiger partial charge < -0.3 is 9.88 Å². The van der Waals surface area contributed by atoms with Crippen molar-refractivity contribution in [3.05, 3.63) is 80.4 Å². The summed E-state index contributed by atoms with van der Waals surface area (Å²) in [7, 11) is 0. The van der Waals surface area contributed by atoms with Crippen LogP contribution in [0.3, 0.4) is 0 Å². The minimum absolute atomic E-state index is 0.0626. The third-order valence-corrected chi connectivity index (χ3v) is 8.65. The summed E-state index contributed by atoms with van der Waals surface area (Å²) in [6.45, 7) is 11.9. The Kier molecular flexibility index (Phi) is 6.51. The molecule has 0 spiro atoms. The second-order valence-electron chi connectivity index (χ2n) is 11.2. The molecule has 2 aromatic carbocycles. The second-order valence-corrected chi connectivity index (χ2v) is 11.2. The lowest BCUT2D eigenvalue weighted by molar-refractivity contribution is 0.196. The first kappa shape index (κ1) is 24.8. The van der Waals surface area contributed by atoms with Crippen LogP contribution in [0.4, 0.5) is 5.69 Å². The molecule has 1 N–H and O–H groups in total. The summed E-state index contributed by atoms with van der Waals surface area (Å²) in [4.78, 5) is 21.7. The van der Waals surface area contributed by atoms with E-state index in [1.165, 1.54) is 35.2 Å². The van der Waals surface area contributed by atoms with Crippen LogP contribution in [0.15, 0.2) is 41.2 Å². The van der Waals surface area contributed by atoms with E-state index in [0.29, 0.717) is 6.04 Å². The molecule has 38 heavy (non-hydrogen) atoms. The second kappa shape index (κ2) is 9.98. The molecule has 3 heterocycles. The Morgan fingerprint density at radius 1 is 0.947 bits per heavy atom. The topological polar surface area (TPSA) is 82.9 Å². The molecular weight excluding hydrogens is 474 g/mol. The number of fused-ring (bicyclic) bond motifs is 1. The molecule has 198 valence electrons. The van der Waals surface area contributed by atoms with Gasteiger partial charge >= 0.3 is 0 Å². The van der Waals surface area contributed by atoms with Crippen LogP contribution < -0.4 is 10.5 Å². The lowest BCUT2D eigenvalue weighted by Gasteiger charge is -2.40. The van der Waals surface area contributed by atoms with Crippen LogP contribution in [0.25, 0.3) is 10.9 Å². The quantitative estimate of drug-likeness (QED) is 0.415. The molecule has 2 aromatic heterocycles. The van der Waals surface area contributed by atoms with Crippen LogP contribution in [0.1, 0.15) is 71.4 Å². The fourth-order valence-corrected chi connectivity index (χ4v) is 6.49. The number of pyridine rings is 1. The average Bonchev–Trinajstić information content (AvgIpc) is 3.60. The standard InChI is InChI=1S/C30H37N7O/c1-19-16-21(3)27-23(17-19)18-25(30(38)31-27)28(29-32-33-34-37(29)24-9-5-6-10-24)36-14-12-35(13-15-36)26-11-7-8-20(2)22(26)4/h7-8,11,16-18,24,28H,5-6,9-10,12-15H2,1-4H3,(H,31,38)/t28-/m0/s1. The number of aromatic amines is 1. The minimum Gasteiger partial charge on any atom is -0.369 e. The zero-order chi connectivity index (χ0) is 26.4. The van der Waals surface area contributed by atoms with Crippen LogP contribution in [-0.2, 0) is 0 Å². The van der Waals surface area contributed by atoms with Crippen LogP contribution >= 0.6 is 0 Å². The number of hydrogen-bond acceptors (Lipinski definition) is 6. The van der Waals surface area contributed by atoms with E-state index in [1.807, 2.05) is 4.68 Å². The maximum absolute atomic E-state index is 13.7. The number of nitrogens with one attached hydrogen (secondary N) is 1. The SMILES string of the molecule is Cc1cc(C)c2[nH]c(=O)c([C@@H](c3nnnn3C3CCCC3)N3CCN(c4cccc(C)c4C)CC3)cc2c1. The van der Waals surface area contributed by atoms with Crippen LogP contribution in [-0.4, -0.2) is 56.3 Å². The van der Waals surface area contributed by atoms with Gasteiger partial charge in [-0.2, -0.15) is 0 Å². The van der Waals surface area contributed by atoms with Crippen molar-refractivity contribution in [1.82, 2.24) is 30.1 Å². The number of aromatic nitrogens is 5. The van der Waals surface area contributed by atoms with Crippen molar-refractivity contribution in [2.45, 2.75) is 65.5 Å². The summed E-state index contributed by atoms with van der Waals surface area (Å²) >= 11 is 0. The van der Waals surface area contributed by atoms with Crippen molar-refractivity contribution in [2.75, 3.05) is 31.1 Å². The lowest BCUT2D eigenvalue weighted by atomic mass is 9.99. The summed E-state index contributed by atoms with van der Waals surface area (Å²) < 4.78 is 2.01. The number of tetrazole rings is 1. The molecule has 6 rings (SSSR count). The summed E-state index contributed by atoms with van der Waals surface area (Å²) in [5.41, 5.74) is 7.76. The molecule has 1 aliphatic heterocycles. The Balaban J connectivity index is 1.41. The van der Waals surface area contributed by atoms with Crippen LogP contribution in [0, 0.1) is 27.7 Å².